The van der Waals surface area contributed by atoms with Crippen molar-refractivity contribution in [2.24, 2.45) is 0 Å². The van der Waals surface area contributed by atoms with Crippen LogP contribution in [0.4, 0.5) is 0 Å². The fraction of sp³-hybridized carbons (Fsp3) is 1.00. The quantitative estimate of drug-likeness (QED) is 0.279. The van der Waals surface area contributed by atoms with E-state index in [9.17, 15) is 0 Å². The van der Waals surface area contributed by atoms with E-state index < -0.39 is 31.1 Å². The van der Waals surface area contributed by atoms with E-state index >= 15 is 0 Å². The Morgan fingerprint density at radius 3 is 0.645 bits per heavy atom. The standard InChI is InChI=1S/3C9H20N.La/c3*1-7-9(5,6)10-8(2,3)4;/h3*7H2,1-6H3;/q3*-1;+3. The minimum atomic E-state index is -3.10. The molecule has 0 heterocycles. The molecule has 0 radical (unpaired) electrons. The van der Waals surface area contributed by atoms with E-state index in [4.69, 9.17) is 0 Å². The van der Waals surface area contributed by atoms with Gasteiger partial charge in [-0.15, -0.1) is 0 Å². The van der Waals surface area contributed by atoms with Crippen molar-refractivity contribution in [2.75, 3.05) is 0 Å². The Bertz CT molecular complexity index is 478. The normalized spacial score (nSPS) is 15.4. The van der Waals surface area contributed by atoms with Gasteiger partial charge in [-0.3, -0.25) is 0 Å². The van der Waals surface area contributed by atoms with Crippen molar-refractivity contribution in [1.29, 1.82) is 0 Å². The van der Waals surface area contributed by atoms with E-state index in [1.165, 1.54) is 0 Å². The molecule has 0 N–H and O–H groups in total. The van der Waals surface area contributed by atoms with Crippen LogP contribution in [0.15, 0.2) is 0 Å². The molecule has 0 spiro atoms. The monoisotopic (exact) mass is 565 g/mol. The van der Waals surface area contributed by atoms with Gasteiger partial charge >= 0.3 is 213 Å². The Kier molecular flexibility index (Phi) is 10.7. The molecule has 186 valence electrons. The SMILES string of the molecule is CCC(C)(C)[N]([La]([N](C(C)(C)C)C(C)(C)CC)[N](C(C)(C)C)C(C)(C)CC)C(C)(C)C. The maximum atomic E-state index is 3.05. The summed E-state index contributed by atoms with van der Waals surface area (Å²) in [5.41, 5.74) is 0.743. The molecule has 0 saturated heterocycles. The molecule has 0 amide bonds. The zero-order valence-corrected chi connectivity index (χ0v) is 28.7. The van der Waals surface area contributed by atoms with E-state index in [0.717, 1.165) is 19.3 Å². The molecule has 0 rings (SSSR count). The summed E-state index contributed by atoms with van der Waals surface area (Å²) in [4.78, 5) is 0. The summed E-state index contributed by atoms with van der Waals surface area (Å²) in [5, 5.41) is 0. The van der Waals surface area contributed by atoms with E-state index in [1.807, 2.05) is 0 Å². The Morgan fingerprint density at radius 1 is 0.387 bits per heavy atom. The van der Waals surface area contributed by atoms with Gasteiger partial charge in [0.1, 0.15) is 0 Å². The molecule has 0 aromatic carbocycles. The first-order valence-electron chi connectivity index (χ1n) is 12.8. The van der Waals surface area contributed by atoms with Gasteiger partial charge in [0.25, 0.3) is 0 Å². The zero-order chi connectivity index (χ0) is 25.4. The van der Waals surface area contributed by atoms with Gasteiger partial charge in [0.2, 0.25) is 0 Å². The predicted molar refractivity (Wildman–Crippen MR) is 138 cm³/mol. The van der Waals surface area contributed by atoms with Crippen LogP contribution in [0.2, 0.25) is 0 Å². The summed E-state index contributed by atoms with van der Waals surface area (Å²) in [7, 11) is 0. The van der Waals surface area contributed by atoms with Crippen LogP contribution in [-0.4, -0.2) is 38.2 Å². The molecular weight excluding hydrogens is 505 g/mol. The van der Waals surface area contributed by atoms with E-state index in [-0.39, 0.29) is 33.2 Å². The van der Waals surface area contributed by atoms with Crippen molar-refractivity contribution in [1.82, 2.24) is 4.99 Å². The molecule has 0 aliphatic heterocycles. The molecule has 0 fully saturated rings. The molecule has 0 aliphatic rings. The van der Waals surface area contributed by atoms with E-state index in [1.54, 1.807) is 0 Å². The minimum absolute atomic E-state index is 0.104. The molecule has 0 aromatic heterocycles. The molecule has 4 heteroatoms. The van der Waals surface area contributed by atoms with E-state index in [2.05, 4.69) is 130 Å². The first-order chi connectivity index (χ1) is 13.4. The number of hydrogen-bond acceptors (Lipinski definition) is 3. The van der Waals surface area contributed by atoms with E-state index in [0.29, 0.717) is 0 Å². The van der Waals surface area contributed by atoms with Crippen molar-refractivity contribution >= 4 is 0 Å². The van der Waals surface area contributed by atoms with Gasteiger partial charge in [-0.25, -0.2) is 0 Å². The summed E-state index contributed by atoms with van der Waals surface area (Å²) < 4.78 is 9.14. The van der Waals surface area contributed by atoms with Gasteiger partial charge in [-0.1, -0.05) is 0 Å². The fourth-order valence-corrected chi connectivity index (χ4v) is 21.9. The maximum absolute atomic E-state index is 3.10. The number of hydrogen-bond donors (Lipinski definition) is 0. The summed E-state index contributed by atoms with van der Waals surface area (Å²) in [6.45, 7) is 44.2. The van der Waals surface area contributed by atoms with Crippen molar-refractivity contribution in [3.63, 3.8) is 0 Å². The molecule has 0 aromatic rings. The van der Waals surface area contributed by atoms with Crippen LogP contribution in [0.5, 0.6) is 0 Å². The molecule has 0 atom stereocenters. The third-order valence-corrected chi connectivity index (χ3v) is 25.6. The van der Waals surface area contributed by atoms with Crippen LogP contribution in [0.25, 0.3) is 0 Å². The van der Waals surface area contributed by atoms with Crippen molar-refractivity contribution < 1.29 is 31.1 Å². The molecular formula is C27H60LaN3. The first kappa shape index (κ1) is 32.1. The second kappa shape index (κ2) is 10.4. The van der Waals surface area contributed by atoms with Gasteiger partial charge in [0.15, 0.2) is 0 Å². The van der Waals surface area contributed by atoms with Gasteiger partial charge in [0, 0.05) is 0 Å². The number of nitrogens with zero attached hydrogens (tertiary/aromatic N) is 3. The molecule has 0 unspecified atom stereocenters. The molecule has 0 bridgehead atoms. The zero-order valence-electron chi connectivity index (χ0n) is 25.0. The topological polar surface area (TPSA) is 9.72 Å². The second-order valence-electron chi connectivity index (χ2n) is 14.5. The molecule has 3 nitrogen and oxygen atoms in total. The number of rotatable bonds is 9. The third-order valence-electron chi connectivity index (χ3n) is 7.41. The van der Waals surface area contributed by atoms with Crippen LogP contribution >= 0.6 is 0 Å². The predicted octanol–water partition coefficient (Wildman–Crippen LogP) is 8.22. The van der Waals surface area contributed by atoms with Crippen LogP contribution in [0.3, 0.4) is 0 Å². The van der Waals surface area contributed by atoms with Crippen LogP contribution in [0.1, 0.15) is 144 Å². The van der Waals surface area contributed by atoms with Gasteiger partial charge < -0.3 is 0 Å². The first-order valence-corrected chi connectivity index (χ1v) is 17.7. The molecule has 31 heavy (non-hydrogen) atoms. The van der Waals surface area contributed by atoms with Gasteiger partial charge in [0.05, 0.1) is 0 Å². The Hall–Kier alpha value is 1.07. The fourth-order valence-electron chi connectivity index (χ4n) is 5.56. The van der Waals surface area contributed by atoms with Crippen molar-refractivity contribution in [3.05, 3.63) is 0 Å². The van der Waals surface area contributed by atoms with Crippen LogP contribution in [0, 0.1) is 31.1 Å². The summed E-state index contributed by atoms with van der Waals surface area (Å²) in [6, 6.07) is 0. The molecule has 0 aliphatic carbocycles. The van der Waals surface area contributed by atoms with Crippen molar-refractivity contribution in [3.8, 4) is 0 Å². The summed E-state index contributed by atoms with van der Waals surface area (Å²) in [6.07, 6.45) is 3.49. The second-order valence-corrected chi connectivity index (χ2v) is 21.5. The van der Waals surface area contributed by atoms with Gasteiger partial charge in [-0.05, 0) is 0 Å². The summed E-state index contributed by atoms with van der Waals surface area (Å²) >= 11 is -3.10. The van der Waals surface area contributed by atoms with Crippen LogP contribution < -0.4 is 0 Å². The van der Waals surface area contributed by atoms with Gasteiger partial charge in [-0.2, -0.15) is 0 Å². The molecule has 0 saturated carbocycles. The Balaban J connectivity index is 7.62. The third kappa shape index (κ3) is 7.79. The average molecular weight is 566 g/mol. The average Bonchev–Trinajstić information content (AvgIpc) is 2.50. The summed E-state index contributed by atoms with van der Waals surface area (Å²) in [5.74, 6) is 0. The Morgan fingerprint density at radius 2 is 0.548 bits per heavy atom. The Labute approximate surface area is 211 Å². The van der Waals surface area contributed by atoms with Crippen molar-refractivity contribution in [2.45, 2.75) is 177 Å². The van der Waals surface area contributed by atoms with Crippen LogP contribution in [-0.2, 0) is 0 Å².